The number of hydrogen-bond donors (Lipinski definition) is 1. The van der Waals surface area contributed by atoms with E-state index in [0.29, 0.717) is 29.7 Å². The molecule has 1 heterocycles. The molecule has 0 aliphatic carbocycles. The molecule has 146 valence electrons. The Labute approximate surface area is 167 Å². The first-order valence-corrected chi connectivity index (χ1v) is 9.53. The fourth-order valence-electron chi connectivity index (χ4n) is 2.40. The van der Waals surface area contributed by atoms with E-state index in [0.717, 1.165) is 16.3 Å². The highest BCUT2D eigenvalue weighted by Crippen LogP contribution is 2.25. The first kappa shape index (κ1) is 19.6. The summed E-state index contributed by atoms with van der Waals surface area (Å²) in [5.41, 5.74) is 1.15. The molecule has 0 fully saturated rings. The number of ether oxygens (including phenoxy) is 3. The summed E-state index contributed by atoms with van der Waals surface area (Å²) in [6.07, 6.45) is 0.610. The molecule has 0 saturated carbocycles. The molecule has 0 aliphatic heterocycles. The zero-order valence-electron chi connectivity index (χ0n) is 15.7. The minimum absolute atomic E-state index is 0.147. The summed E-state index contributed by atoms with van der Waals surface area (Å²) in [6.45, 7) is 2.36. The molecule has 0 atom stereocenters. The number of rotatable bonds is 9. The highest BCUT2D eigenvalue weighted by Gasteiger charge is 2.11. The van der Waals surface area contributed by atoms with Crippen LogP contribution in [0.1, 0.15) is 10.6 Å². The minimum atomic E-state index is -0.315. The Bertz CT molecular complexity index is 929. The lowest BCUT2D eigenvalue weighted by molar-refractivity contribution is -0.118. The number of aryl methyl sites for hydroxylation is 1. The Morgan fingerprint density at radius 3 is 2.68 bits per heavy atom. The van der Waals surface area contributed by atoms with E-state index >= 15 is 0 Å². The Morgan fingerprint density at radius 1 is 1.07 bits per heavy atom. The predicted octanol–water partition coefficient (Wildman–Crippen LogP) is 3.49. The number of carbonyl (C=O) groups excluding carboxylic acids is 1. The standard InChI is InChI=1S/C20H21N3O4S/c1-14-6-5-7-15(12-14)26-11-10-19-22-23-20(28-19)21-18(24)13-27-17-9-4-3-8-16(17)25-2/h3-9,12H,10-11,13H2,1-2H3,(H,21,23,24). The van der Waals surface area contributed by atoms with E-state index in [1.807, 2.05) is 43.3 Å². The monoisotopic (exact) mass is 399 g/mol. The quantitative estimate of drug-likeness (QED) is 0.593. The first-order chi connectivity index (χ1) is 13.6. The molecule has 1 aromatic heterocycles. The van der Waals surface area contributed by atoms with E-state index in [1.165, 1.54) is 11.3 Å². The van der Waals surface area contributed by atoms with Crippen LogP contribution in [0.4, 0.5) is 5.13 Å². The van der Waals surface area contributed by atoms with E-state index in [2.05, 4.69) is 15.5 Å². The molecule has 0 aliphatic rings. The normalized spacial score (nSPS) is 10.4. The molecule has 0 unspecified atom stereocenters. The largest absolute Gasteiger partial charge is 0.493 e. The van der Waals surface area contributed by atoms with Gasteiger partial charge in [-0.1, -0.05) is 35.6 Å². The Kier molecular flexibility index (Phi) is 6.80. The van der Waals surface area contributed by atoms with Crippen molar-refractivity contribution in [2.24, 2.45) is 0 Å². The number of benzene rings is 2. The second kappa shape index (κ2) is 9.70. The average molecular weight is 399 g/mol. The number of anilines is 1. The van der Waals surface area contributed by atoms with Crippen molar-refractivity contribution in [2.75, 3.05) is 25.6 Å². The number of carbonyl (C=O) groups is 1. The van der Waals surface area contributed by atoms with Crippen LogP contribution in [0.2, 0.25) is 0 Å². The summed E-state index contributed by atoms with van der Waals surface area (Å²) in [6, 6.07) is 15.0. The third kappa shape index (κ3) is 5.68. The average Bonchev–Trinajstić information content (AvgIpc) is 3.14. The zero-order valence-corrected chi connectivity index (χ0v) is 16.5. The zero-order chi connectivity index (χ0) is 19.8. The van der Waals surface area contributed by atoms with Gasteiger partial charge in [-0.3, -0.25) is 10.1 Å². The maximum Gasteiger partial charge on any atom is 0.264 e. The maximum absolute atomic E-state index is 12.1. The molecule has 28 heavy (non-hydrogen) atoms. The summed E-state index contributed by atoms with van der Waals surface area (Å²) < 4.78 is 16.4. The highest BCUT2D eigenvalue weighted by atomic mass is 32.1. The lowest BCUT2D eigenvalue weighted by Crippen LogP contribution is -2.20. The fraction of sp³-hybridized carbons (Fsp3) is 0.250. The number of hydrogen-bond acceptors (Lipinski definition) is 7. The van der Waals surface area contributed by atoms with Crippen LogP contribution >= 0.6 is 11.3 Å². The summed E-state index contributed by atoms with van der Waals surface area (Å²) in [5.74, 6) is 1.59. The van der Waals surface area contributed by atoms with Crippen LogP contribution in [0.3, 0.4) is 0 Å². The minimum Gasteiger partial charge on any atom is -0.493 e. The van der Waals surface area contributed by atoms with Gasteiger partial charge in [0.1, 0.15) is 10.8 Å². The van der Waals surface area contributed by atoms with Crippen molar-refractivity contribution in [3.05, 3.63) is 59.1 Å². The Balaban J connectivity index is 1.44. The van der Waals surface area contributed by atoms with Gasteiger partial charge in [0.25, 0.3) is 5.91 Å². The number of nitrogens with one attached hydrogen (secondary N) is 1. The van der Waals surface area contributed by atoms with Gasteiger partial charge >= 0.3 is 0 Å². The van der Waals surface area contributed by atoms with Crippen molar-refractivity contribution in [1.82, 2.24) is 10.2 Å². The smallest absolute Gasteiger partial charge is 0.264 e. The molecule has 0 bridgehead atoms. The van der Waals surface area contributed by atoms with Gasteiger partial charge in [-0.2, -0.15) is 0 Å². The summed E-state index contributed by atoms with van der Waals surface area (Å²) in [4.78, 5) is 12.1. The van der Waals surface area contributed by atoms with Crippen molar-refractivity contribution in [3.63, 3.8) is 0 Å². The molecule has 3 rings (SSSR count). The number of amides is 1. The molecule has 0 spiro atoms. The molecule has 0 saturated heterocycles. The van der Waals surface area contributed by atoms with Gasteiger partial charge in [0.2, 0.25) is 5.13 Å². The molecular weight excluding hydrogens is 378 g/mol. The molecular formula is C20H21N3O4S. The first-order valence-electron chi connectivity index (χ1n) is 8.71. The van der Waals surface area contributed by atoms with Gasteiger partial charge in [0, 0.05) is 6.42 Å². The van der Waals surface area contributed by atoms with Crippen LogP contribution in [0, 0.1) is 6.92 Å². The van der Waals surface area contributed by atoms with Crippen LogP contribution in [0.5, 0.6) is 17.2 Å². The van der Waals surface area contributed by atoms with E-state index in [1.54, 1.807) is 19.2 Å². The third-order valence-electron chi connectivity index (χ3n) is 3.72. The molecule has 3 aromatic rings. The van der Waals surface area contributed by atoms with Crippen molar-refractivity contribution in [3.8, 4) is 17.2 Å². The summed E-state index contributed by atoms with van der Waals surface area (Å²) in [5, 5.41) is 12.0. The molecule has 1 N–H and O–H groups in total. The van der Waals surface area contributed by atoms with Gasteiger partial charge in [0.15, 0.2) is 18.1 Å². The Hall–Kier alpha value is -3.13. The number of aromatic nitrogens is 2. The lowest BCUT2D eigenvalue weighted by Gasteiger charge is -2.09. The van der Waals surface area contributed by atoms with E-state index in [4.69, 9.17) is 14.2 Å². The van der Waals surface area contributed by atoms with Crippen LogP contribution in [0.15, 0.2) is 48.5 Å². The number of para-hydroxylation sites is 2. The van der Waals surface area contributed by atoms with Crippen LogP contribution < -0.4 is 19.5 Å². The van der Waals surface area contributed by atoms with Crippen LogP contribution in [0.25, 0.3) is 0 Å². The van der Waals surface area contributed by atoms with E-state index < -0.39 is 0 Å². The second-order valence-corrected chi connectivity index (χ2v) is 6.97. The van der Waals surface area contributed by atoms with E-state index in [9.17, 15) is 4.79 Å². The van der Waals surface area contributed by atoms with Gasteiger partial charge in [-0.25, -0.2) is 0 Å². The van der Waals surface area contributed by atoms with Crippen molar-refractivity contribution in [1.29, 1.82) is 0 Å². The number of nitrogens with zero attached hydrogens (tertiary/aromatic N) is 2. The molecule has 8 heteroatoms. The van der Waals surface area contributed by atoms with Gasteiger partial charge in [-0.05, 0) is 36.8 Å². The SMILES string of the molecule is COc1ccccc1OCC(=O)Nc1nnc(CCOc2cccc(C)c2)s1. The Morgan fingerprint density at radius 2 is 1.89 bits per heavy atom. The van der Waals surface area contributed by atoms with Gasteiger partial charge in [0.05, 0.1) is 13.7 Å². The van der Waals surface area contributed by atoms with Crippen LogP contribution in [-0.4, -0.2) is 36.4 Å². The topological polar surface area (TPSA) is 82.6 Å². The predicted molar refractivity (Wildman–Crippen MR) is 107 cm³/mol. The highest BCUT2D eigenvalue weighted by molar-refractivity contribution is 7.15. The molecule has 7 nitrogen and oxygen atoms in total. The van der Waals surface area contributed by atoms with Gasteiger partial charge in [-0.15, -0.1) is 10.2 Å². The second-order valence-electron chi connectivity index (χ2n) is 5.90. The summed E-state index contributed by atoms with van der Waals surface area (Å²) in [7, 11) is 1.55. The van der Waals surface area contributed by atoms with E-state index in [-0.39, 0.29) is 12.5 Å². The fourth-order valence-corrected chi connectivity index (χ4v) is 3.14. The molecule has 1 amide bonds. The molecule has 2 aromatic carbocycles. The van der Waals surface area contributed by atoms with Gasteiger partial charge < -0.3 is 14.2 Å². The number of methoxy groups -OCH3 is 1. The maximum atomic E-state index is 12.1. The van der Waals surface area contributed by atoms with Crippen molar-refractivity contribution < 1.29 is 19.0 Å². The van der Waals surface area contributed by atoms with Crippen molar-refractivity contribution in [2.45, 2.75) is 13.3 Å². The lowest BCUT2D eigenvalue weighted by atomic mass is 10.2. The van der Waals surface area contributed by atoms with Crippen LogP contribution in [-0.2, 0) is 11.2 Å². The molecule has 0 radical (unpaired) electrons. The third-order valence-corrected chi connectivity index (χ3v) is 4.61. The summed E-state index contributed by atoms with van der Waals surface area (Å²) >= 11 is 1.31. The van der Waals surface area contributed by atoms with Crippen molar-refractivity contribution >= 4 is 22.4 Å².